The van der Waals surface area contributed by atoms with E-state index in [-0.39, 0.29) is 23.5 Å². The molecule has 0 bridgehead atoms. The molecule has 0 aliphatic carbocycles. The highest BCUT2D eigenvalue weighted by molar-refractivity contribution is 5.83. The van der Waals surface area contributed by atoms with Crippen LogP contribution < -0.4 is 5.32 Å². The van der Waals surface area contributed by atoms with Crippen molar-refractivity contribution in [3.63, 3.8) is 0 Å². The van der Waals surface area contributed by atoms with Crippen LogP contribution >= 0.6 is 0 Å². The van der Waals surface area contributed by atoms with Crippen molar-refractivity contribution in [1.29, 1.82) is 0 Å². The average molecular weight is 240 g/mol. The Morgan fingerprint density at radius 3 is 2.47 bits per heavy atom. The van der Waals surface area contributed by atoms with Crippen LogP contribution in [0.1, 0.15) is 54.4 Å². The van der Waals surface area contributed by atoms with Gasteiger partial charge in [0.25, 0.3) is 0 Å². The van der Waals surface area contributed by atoms with Crippen LogP contribution in [0.15, 0.2) is 0 Å². The van der Waals surface area contributed by atoms with Gasteiger partial charge >= 0.3 is 0 Å². The standard InChI is InChI=1S/C14H28N2O/c1-7-8-12-15-11(4)13(17)16(12)9-14(5,6)10(2)3/h10-12,15H,7-9H2,1-6H3. The molecular weight excluding hydrogens is 212 g/mol. The average Bonchev–Trinajstić information content (AvgIpc) is 2.46. The fourth-order valence-corrected chi connectivity index (χ4v) is 2.17. The van der Waals surface area contributed by atoms with Gasteiger partial charge in [0.1, 0.15) is 0 Å². The Bertz CT molecular complexity index is 273. The quantitative estimate of drug-likeness (QED) is 0.801. The number of hydrogen-bond donors (Lipinski definition) is 1. The zero-order chi connectivity index (χ0) is 13.2. The Morgan fingerprint density at radius 2 is 2.00 bits per heavy atom. The molecule has 1 amide bonds. The molecule has 3 heteroatoms. The van der Waals surface area contributed by atoms with E-state index >= 15 is 0 Å². The summed E-state index contributed by atoms with van der Waals surface area (Å²) in [7, 11) is 0. The summed E-state index contributed by atoms with van der Waals surface area (Å²) < 4.78 is 0. The molecular formula is C14H28N2O. The zero-order valence-electron chi connectivity index (χ0n) is 12.2. The Morgan fingerprint density at radius 1 is 1.41 bits per heavy atom. The molecule has 0 aromatic rings. The van der Waals surface area contributed by atoms with Gasteiger partial charge in [0.2, 0.25) is 5.91 Å². The van der Waals surface area contributed by atoms with E-state index in [0.717, 1.165) is 19.4 Å². The van der Waals surface area contributed by atoms with Gasteiger partial charge in [0.05, 0.1) is 12.2 Å². The number of carbonyl (C=O) groups is 1. The molecule has 0 saturated carbocycles. The third-order valence-electron chi connectivity index (χ3n) is 4.18. The number of nitrogens with zero attached hydrogens (tertiary/aromatic N) is 1. The first-order valence-corrected chi connectivity index (χ1v) is 6.86. The first-order chi connectivity index (χ1) is 7.79. The summed E-state index contributed by atoms with van der Waals surface area (Å²) in [6.45, 7) is 13.9. The van der Waals surface area contributed by atoms with E-state index in [9.17, 15) is 4.79 Å². The lowest BCUT2D eigenvalue weighted by Gasteiger charge is -2.36. The van der Waals surface area contributed by atoms with Gasteiger partial charge in [-0.2, -0.15) is 0 Å². The van der Waals surface area contributed by atoms with Crippen molar-refractivity contribution >= 4 is 5.91 Å². The summed E-state index contributed by atoms with van der Waals surface area (Å²) >= 11 is 0. The van der Waals surface area contributed by atoms with Crippen LogP contribution in [-0.2, 0) is 4.79 Å². The second kappa shape index (κ2) is 5.38. The van der Waals surface area contributed by atoms with Gasteiger partial charge in [-0.25, -0.2) is 0 Å². The Labute approximate surface area is 106 Å². The van der Waals surface area contributed by atoms with Gasteiger partial charge in [-0.3, -0.25) is 10.1 Å². The minimum Gasteiger partial charge on any atom is -0.325 e. The van der Waals surface area contributed by atoms with Gasteiger partial charge < -0.3 is 4.90 Å². The molecule has 1 rings (SSSR count). The Kier molecular flexibility index (Phi) is 4.59. The second-order valence-electron chi connectivity index (χ2n) is 6.30. The summed E-state index contributed by atoms with van der Waals surface area (Å²) in [6, 6.07) is -0.0190. The lowest BCUT2D eigenvalue weighted by Crippen LogP contribution is -2.44. The fraction of sp³-hybridized carbons (Fsp3) is 0.929. The van der Waals surface area contributed by atoms with Gasteiger partial charge in [0, 0.05) is 6.54 Å². The van der Waals surface area contributed by atoms with Crippen molar-refractivity contribution in [3.8, 4) is 0 Å². The van der Waals surface area contributed by atoms with Crippen molar-refractivity contribution in [2.24, 2.45) is 11.3 Å². The molecule has 1 heterocycles. The molecule has 2 atom stereocenters. The summed E-state index contributed by atoms with van der Waals surface area (Å²) in [5.74, 6) is 0.839. The number of nitrogens with one attached hydrogen (secondary N) is 1. The molecule has 100 valence electrons. The topological polar surface area (TPSA) is 32.3 Å². The predicted molar refractivity (Wildman–Crippen MR) is 71.6 cm³/mol. The molecule has 3 nitrogen and oxygen atoms in total. The van der Waals surface area contributed by atoms with Crippen LogP contribution in [0.5, 0.6) is 0 Å². The van der Waals surface area contributed by atoms with Crippen LogP contribution in [-0.4, -0.2) is 29.6 Å². The largest absolute Gasteiger partial charge is 0.325 e. The molecule has 1 N–H and O–H groups in total. The minimum absolute atomic E-state index is 0.0190. The molecule has 1 saturated heterocycles. The molecule has 0 radical (unpaired) electrons. The first kappa shape index (κ1) is 14.5. The maximum absolute atomic E-state index is 12.2. The van der Waals surface area contributed by atoms with E-state index in [1.807, 2.05) is 11.8 Å². The van der Waals surface area contributed by atoms with Crippen LogP contribution in [0.3, 0.4) is 0 Å². The molecule has 0 aromatic carbocycles. The van der Waals surface area contributed by atoms with Gasteiger partial charge in [0.15, 0.2) is 0 Å². The fourth-order valence-electron chi connectivity index (χ4n) is 2.17. The Hall–Kier alpha value is -0.570. The monoisotopic (exact) mass is 240 g/mol. The summed E-state index contributed by atoms with van der Waals surface area (Å²) in [6.07, 6.45) is 2.39. The van der Waals surface area contributed by atoms with Gasteiger partial charge in [-0.05, 0) is 24.7 Å². The van der Waals surface area contributed by atoms with E-state index in [4.69, 9.17) is 0 Å². The van der Waals surface area contributed by atoms with Crippen LogP contribution in [0.2, 0.25) is 0 Å². The summed E-state index contributed by atoms with van der Waals surface area (Å²) in [5, 5.41) is 3.39. The normalized spacial score (nSPS) is 26.1. The lowest BCUT2D eigenvalue weighted by atomic mass is 9.80. The van der Waals surface area contributed by atoms with Crippen LogP contribution in [0.25, 0.3) is 0 Å². The van der Waals surface area contributed by atoms with Crippen LogP contribution in [0.4, 0.5) is 0 Å². The van der Waals surface area contributed by atoms with E-state index in [2.05, 4.69) is 39.9 Å². The van der Waals surface area contributed by atoms with Crippen molar-refractivity contribution < 1.29 is 4.79 Å². The van der Waals surface area contributed by atoms with E-state index in [1.54, 1.807) is 0 Å². The molecule has 17 heavy (non-hydrogen) atoms. The number of amides is 1. The number of carbonyl (C=O) groups excluding carboxylic acids is 1. The van der Waals surface area contributed by atoms with Crippen molar-refractivity contribution in [3.05, 3.63) is 0 Å². The lowest BCUT2D eigenvalue weighted by molar-refractivity contribution is -0.131. The maximum atomic E-state index is 12.2. The Balaban J connectivity index is 2.75. The maximum Gasteiger partial charge on any atom is 0.240 e. The van der Waals surface area contributed by atoms with Crippen LogP contribution in [0, 0.1) is 11.3 Å². The summed E-state index contributed by atoms with van der Waals surface area (Å²) in [4.78, 5) is 14.2. The summed E-state index contributed by atoms with van der Waals surface area (Å²) in [5.41, 5.74) is 0.174. The highest BCUT2D eigenvalue weighted by Crippen LogP contribution is 2.29. The van der Waals surface area contributed by atoms with Crippen molar-refractivity contribution in [1.82, 2.24) is 10.2 Å². The second-order valence-corrected chi connectivity index (χ2v) is 6.30. The molecule has 2 unspecified atom stereocenters. The SMILES string of the molecule is CCCC1NC(C)C(=O)N1CC(C)(C)C(C)C. The molecule has 0 aromatic heterocycles. The molecule has 0 spiro atoms. The minimum atomic E-state index is -0.0190. The zero-order valence-corrected chi connectivity index (χ0v) is 12.2. The van der Waals surface area contributed by atoms with Crippen molar-refractivity contribution in [2.75, 3.05) is 6.54 Å². The van der Waals surface area contributed by atoms with E-state index in [1.165, 1.54) is 0 Å². The number of rotatable bonds is 5. The molecule has 1 aliphatic heterocycles. The highest BCUT2D eigenvalue weighted by atomic mass is 16.2. The molecule has 1 fully saturated rings. The van der Waals surface area contributed by atoms with Gasteiger partial charge in [-0.15, -0.1) is 0 Å². The molecule has 1 aliphatic rings. The third-order valence-corrected chi connectivity index (χ3v) is 4.18. The predicted octanol–water partition coefficient (Wildman–Crippen LogP) is 2.62. The smallest absolute Gasteiger partial charge is 0.240 e. The van der Waals surface area contributed by atoms with E-state index in [0.29, 0.717) is 5.92 Å². The van der Waals surface area contributed by atoms with E-state index < -0.39 is 0 Å². The van der Waals surface area contributed by atoms with Crippen molar-refractivity contribution in [2.45, 2.75) is 66.6 Å². The number of hydrogen-bond acceptors (Lipinski definition) is 2. The third kappa shape index (κ3) is 3.21. The first-order valence-electron chi connectivity index (χ1n) is 6.86. The highest BCUT2D eigenvalue weighted by Gasteiger charge is 2.39. The van der Waals surface area contributed by atoms with Gasteiger partial charge in [-0.1, -0.05) is 41.0 Å².